The Kier molecular flexibility index (Phi) is 4.04. The number of ether oxygens (including phenoxy) is 1. The van der Waals surface area contributed by atoms with Crippen LogP contribution >= 0.6 is 0 Å². The molecule has 2 rings (SSSR count). The van der Waals surface area contributed by atoms with E-state index in [1.165, 1.54) is 0 Å². The fourth-order valence-corrected chi connectivity index (χ4v) is 2.83. The lowest BCUT2D eigenvalue weighted by Gasteiger charge is -2.52. The van der Waals surface area contributed by atoms with Crippen LogP contribution in [0.1, 0.15) is 43.1 Å². The lowest BCUT2D eigenvalue weighted by Crippen LogP contribution is -2.58. The van der Waals surface area contributed by atoms with Gasteiger partial charge in [-0.2, -0.15) is 0 Å². The minimum atomic E-state index is -0.883. The summed E-state index contributed by atoms with van der Waals surface area (Å²) in [5.74, 6) is -0.883. The molecule has 2 N–H and O–H groups in total. The topological polar surface area (TPSA) is 58.6 Å². The van der Waals surface area contributed by atoms with Gasteiger partial charge in [-0.3, -0.25) is 0 Å². The number of nitrogens with one attached hydrogen (secondary N) is 1. The Hall–Kier alpha value is -1.55. The highest BCUT2D eigenvalue weighted by molar-refractivity contribution is 5.91. The zero-order valence-corrected chi connectivity index (χ0v) is 12.6. The molecule has 1 aliphatic carbocycles. The Bertz CT molecular complexity index is 510. The minimum Gasteiger partial charge on any atom is -0.478 e. The molecule has 2 unspecified atom stereocenters. The number of carbonyl (C=O) groups is 1. The predicted molar refractivity (Wildman–Crippen MR) is 79.4 cm³/mol. The van der Waals surface area contributed by atoms with Crippen molar-refractivity contribution in [2.24, 2.45) is 5.41 Å². The highest BCUT2D eigenvalue weighted by atomic mass is 16.5. The van der Waals surface area contributed by atoms with Crippen molar-refractivity contribution in [3.63, 3.8) is 0 Å². The summed E-state index contributed by atoms with van der Waals surface area (Å²) in [4.78, 5) is 11.2. The molecule has 0 heterocycles. The summed E-state index contributed by atoms with van der Waals surface area (Å²) in [6, 6.07) is 5.66. The SMILES string of the molecule is CCOC1CC(Nc2cccc(C(=O)O)c2C)C1(C)C. The molecule has 1 aromatic carbocycles. The maximum absolute atomic E-state index is 11.2. The standard InChI is InChI=1S/C16H23NO3/c1-5-20-14-9-13(16(14,3)4)17-12-8-6-7-11(10(12)2)15(18)19/h6-8,13-14,17H,5,9H2,1-4H3,(H,18,19). The van der Waals surface area contributed by atoms with E-state index in [9.17, 15) is 4.79 Å². The van der Waals surface area contributed by atoms with Gasteiger partial charge in [-0.1, -0.05) is 19.9 Å². The van der Waals surface area contributed by atoms with Crippen LogP contribution in [0.25, 0.3) is 0 Å². The van der Waals surface area contributed by atoms with Gasteiger partial charge in [-0.25, -0.2) is 4.79 Å². The van der Waals surface area contributed by atoms with Gasteiger partial charge >= 0.3 is 5.97 Å². The first-order chi connectivity index (χ1) is 9.37. The van der Waals surface area contributed by atoms with Crippen LogP contribution in [0.4, 0.5) is 5.69 Å². The average Bonchev–Trinajstić information content (AvgIpc) is 2.39. The maximum Gasteiger partial charge on any atom is 0.336 e. The molecule has 4 nitrogen and oxygen atoms in total. The quantitative estimate of drug-likeness (QED) is 0.867. The number of anilines is 1. The second-order valence-corrected chi connectivity index (χ2v) is 5.98. The average molecular weight is 277 g/mol. The van der Waals surface area contributed by atoms with Gasteiger partial charge in [0.2, 0.25) is 0 Å². The van der Waals surface area contributed by atoms with Crippen molar-refractivity contribution in [2.75, 3.05) is 11.9 Å². The van der Waals surface area contributed by atoms with E-state index in [4.69, 9.17) is 9.84 Å². The molecular formula is C16H23NO3. The second kappa shape index (κ2) is 5.44. The number of carboxylic acids is 1. The molecule has 20 heavy (non-hydrogen) atoms. The molecule has 110 valence electrons. The molecule has 1 fully saturated rings. The highest BCUT2D eigenvalue weighted by Crippen LogP contribution is 2.44. The number of benzene rings is 1. The van der Waals surface area contributed by atoms with E-state index in [2.05, 4.69) is 19.2 Å². The van der Waals surface area contributed by atoms with Crippen molar-refractivity contribution in [1.29, 1.82) is 0 Å². The van der Waals surface area contributed by atoms with Crippen LogP contribution in [0, 0.1) is 12.3 Å². The molecule has 1 aromatic rings. The van der Waals surface area contributed by atoms with E-state index in [1.54, 1.807) is 12.1 Å². The van der Waals surface area contributed by atoms with Crippen molar-refractivity contribution >= 4 is 11.7 Å². The van der Waals surface area contributed by atoms with Crippen LogP contribution < -0.4 is 5.32 Å². The fraction of sp³-hybridized carbons (Fsp3) is 0.562. The summed E-state index contributed by atoms with van der Waals surface area (Å²) in [7, 11) is 0. The molecule has 1 saturated carbocycles. The number of carboxylic acid groups (broad SMARTS) is 1. The van der Waals surface area contributed by atoms with Crippen LogP contribution in [0.3, 0.4) is 0 Å². The van der Waals surface area contributed by atoms with Crippen LogP contribution in [-0.2, 0) is 4.74 Å². The monoisotopic (exact) mass is 277 g/mol. The first-order valence-electron chi connectivity index (χ1n) is 7.09. The molecule has 0 spiro atoms. The van der Waals surface area contributed by atoms with Gasteiger partial charge in [0.15, 0.2) is 0 Å². The smallest absolute Gasteiger partial charge is 0.336 e. The highest BCUT2D eigenvalue weighted by Gasteiger charge is 2.48. The molecule has 1 aliphatic rings. The third kappa shape index (κ3) is 2.52. The van der Waals surface area contributed by atoms with Crippen molar-refractivity contribution in [2.45, 2.75) is 46.3 Å². The van der Waals surface area contributed by atoms with Crippen molar-refractivity contribution in [3.8, 4) is 0 Å². The van der Waals surface area contributed by atoms with E-state index in [0.717, 1.165) is 24.3 Å². The maximum atomic E-state index is 11.2. The summed E-state index contributed by atoms with van der Waals surface area (Å²) < 4.78 is 5.72. The molecule has 0 saturated heterocycles. The normalized spacial score (nSPS) is 24.0. The lowest BCUT2D eigenvalue weighted by atomic mass is 9.64. The molecule has 0 aliphatic heterocycles. The minimum absolute atomic E-state index is 0.0572. The molecule has 0 bridgehead atoms. The van der Waals surface area contributed by atoms with Crippen LogP contribution in [0.15, 0.2) is 18.2 Å². The van der Waals surface area contributed by atoms with Gasteiger partial charge in [0.25, 0.3) is 0 Å². The Morgan fingerprint density at radius 3 is 2.75 bits per heavy atom. The Morgan fingerprint density at radius 1 is 1.50 bits per heavy atom. The first kappa shape index (κ1) is 14.9. The van der Waals surface area contributed by atoms with Gasteiger partial charge in [-0.15, -0.1) is 0 Å². The largest absolute Gasteiger partial charge is 0.478 e. The van der Waals surface area contributed by atoms with Crippen molar-refractivity contribution in [1.82, 2.24) is 0 Å². The lowest BCUT2D eigenvalue weighted by molar-refractivity contribution is -0.0976. The van der Waals surface area contributed by atoms with E-state index in [-0.39, 0.29) is 11.5 Å². The van der Waals surface area contributed by atoms with Gasteiger partial charge in [0.05, 0.1) is 11.7 Å². The van der Waals surface area contributed by atoms with Gasteiger partial charge < -0.3 is 15.2 Å². The van der Waals surface area contributed by atoms with Crippen molar-refractivity contribution in [3.05, 3.63) is 29.3 Å². The van der Waals surface area contributed by atoms with Gasteiger partial charge in [0.1, 0.15) is 0 Å². The number of aromatic carboxylic acids is 1. The van der Waals surface area contributed by atoms with E-state index < -0.39 is 5.97 Å². The molecule has 2 atom stereocenters. The summed E-state index contributed by atoms with van der Waals surface area (Å²) in [6.45, 7) is 8.96. The molecule has 0 radical (unpaired) electrons. The second-order valence-electron chi connectivity index (χ2n) is 5.98. The van der Waals surface area contributed by atoms with Gasteiger partial charge in [-0.05, 0) is 38.0 Å². The van der Waals surface area contributed by atoms with Crippen molar-refractivity contribution < 1.29 is 14.6 Å². The molecule has 4 heteroatoms. The zero-order chi connectivity index (χ0) is 14.9. The van der Waals surface area contributed by atoms with Crippen LogP contribution in [-0.4, -0.2) is 29.8 Å². The molecular weight excluding hydrogens is 254 g/mol. The van der Waals surface area contributed by atoms with E-state index in [0.29, 0.717) is 11.6 Å². The number of hydrogen-bond acceptors (Lipinski definition) is 3. The van der Waals surface area contributed by atoms with E-state index in [1.807, 2.05) is 19.9 Å². The zero-order valence-electron chi connectivity index (χ0n) is 12.6. The molecule has 0 amide bonds. The summed E-state index contributed by atoms with van der Waals surface area (Å²) in [5, 5.41) is 12.6. The Labute approximate surface area is 120 Å². The third-order valence-corrected chi connectivity index (χ3v) is 4.44. The first-order valence-corrected chi connectivity index (χ1v) is 7.09. The summed E-state index contributed by atoms with van der Waals surface area (Å²) in [6.07, 6.45) is 1.23. The van der Waals surface area contributed by atoms with Gasteiger partial charge in [0, 0.05) is 23.8 Å². The Balaban J connectivity index is 2.13. The Morgan fingerprint density at radius 2 is 2.20 bits per heavy atom. The summed E-state index contributed by atoms with van der Waals surface area (Å²) in [5.41, 5.74) is 2.10. The van der Waals surface area contributed by atoms with Crippen LogP contribution in [0.2, 0.25) is 0 Å². The third-order valence-electron chi connectivity index (χ3n) is 4.44. The summed E-state index contributed by atoms with van der Waals surface area (Å²) >= 11 is 0. The fourth-order valence-electron chi connectivity index (χ4n) is 2.83. The van der Waals surface area contributed by atoms with Crippen LogP contribution in [0.5, 0.6) is 0 Å². The predicted octanol–water partition coefficient (Wildman–Crippen LogP) is 3.31. The van der Waals surface area contributed by atoms with E-state index >= 15 is 0 Å². The number of hydrogen-bond donors (Lipinski definition) is 2. The molecule has 0 aromatic heterocycles. The number of rotatable bonds is 5.